The number of carbonyl (C=O) groups excluding carboxylic acids is 1. The van der Waals surface area contributed by atoms with Gasteiger partial charge in [0.15, 0.2) is 0 Å². The summed E-state index contributed by atoms with van der Waals surface area (Å²) in [5.41, 5.74) is -0.267. The van der Waals surface area contributed by atoms with E-state index < -0.39 is 0 Å². The molecule has 0 unspecified atom stereocenters. The van der Waals surface area contributed by atoms with Gasteiger partial charge in [-0.15, -0.1) is 0 Å². The number of hydrogen-bond acceptors (Lipinski definition) is 2. The van der Waals surface area contributed by atoms with Crippen LogP contribution in [0.1, 0.15) is 27.7 Å². The first kappa shape index (κ1) is 10.5. The molecule has 0 saturated carbocycles. The van der Waals surface area contributed by atoms with E-state index >= 15 is 0 Å². The molecular weight excluding hydrogens is 166 g/mol. The van der Waals surface area contributed by atoms with Gasteiger partial charge < -0.3 is 9.64 Å². The number of nitrogens with zero attached hydrogens (tertiary/aromatic N) is 1. The second-order valence-corrected chi connectivity index (χ2v) is 4.68. The summed E-state index contributed by atoms with van der Waals surface area (Å²) in [4.78, 5) is 13.7. The summed E-state index contributed by atoms with van der Waals surface area (Å²) in [6, 6.07) is 0. The lowest BCUT2D eigenvalue weighted by Gasteiger charge is -2.35. The van der Waals surface area contributed by atoms with Gasteiger partial charge in [-0.25, -0.2) is 0 Å². The van der Waals surface area contributed by atoms with E-state index in [4.69, 9.17) is 4.74 Å². The summed E-state index contributed by atoms with van der Waals surface area (Å²) in [5.74, 6) is 0.225. The molecule has 0 N–H and O–H groups in total. The van der Waals surface area contributed by atoms with Crippen LogP contribution in [-0.4, -0.2) is 36.6 Å². The maximum absolute atomic E-state index is 11.8. The molecule has 1 aliphatic rings. The molecule has 0 radical (unpaired) electrons. The molecule has 1 aliphatic heterocycles. The van der Waals surface area contributed by atoms with E-state index in [0.717, 1.165) is 13.1 Å². The van der Waals surface area contributed by atoms with E-state index in [2.05, 4.69) is 0 Å². The summed E-state index contributed by atoms with van der Waals surface area (Å²) in [6.45, 7) is 10.0. The molecule has 0 aliphatic carbocycles. The fourth-order valence-corrected chi connectivity index (χ4v) is 1.48. The molecule has 0 aromatic carbocycles. The van der Waals surface area contributed by atoms with Crippen molar-refractivity contribution < 1.29 is 9.53 Å². The Balaban J connectivity index is 2.56. The van der Waals surface area contributed by atoms with Gasteiger partial charge in [-0.1, -0.05) is 20.8 Å². The summed E-state index contributed by atoms with van der Waals surface area (Å²) >= 11 is 0. The van der Waals surface area contributed by atoms with Gasteiger partial charge in [0, 0.05) is 18.5 Å². The fraction of sp³-hybridized carbons (Fsp3) is 0.900. The zero-order valence-corrected chi connectivity index (χ0v) is 8.96. The Hall–Kier alpha value is -0.570. The van der Waals surface area contributed by atoms with Crippen molar-refractivity contribution in [2.24, 2.45) is 5.41 Å². The third-order valence-electron chi connectivity index (χ3n) is 2.17. The Labute approximate surface area is 80.1 Å². The zero-order valence-electron chi connectivity index (χ0n) is 8.96. The molecule has 0 aromatic heterocycles. The van der Waals surface area contributed by atoms with Crippen molar-refractivity contribution in [3.63, 3.8) is 0 Å². The van der Waals surface area contributed by atoms with Crippen molar-refractivity contribution >= 4 is 5.91 Å². The smallest absolute Gasteiger partial charge is 0.228 e. The van der Waals surface area contributed by atoms with E-state index in [9.17, 15) is 4.79 Å². The van der Waals surface area contributed by atoms with E-state index in [-0.39, 0.29) is 17.4 Å². The maximum Gasteiger partial charge on any atom is 0.228 e. The maximum atomic E-state index is 11.8. The highest BCUT2D eigenvalue weighted by Gasteiger charge is 2.29. The first-order valence-electron chi connectivity index (χ1n) is 4.82. The van der Waals surface area contributed by atoms with Crippen molar-refractivity contribution in [2.75, 3.05) is 19.7 Å². The SMILES string of the molecule is C[C@@H]1CN(C(=O)C(C)(C)C)CCO1. The Kier molecular flexibility index (Phi) is 2.96. The largest absolute Gasteiger partial charge is 0.375 e. The van der Waals surface area contributed by atoms with Crippen molar-refractivity contribution in [2.45, 2.75) is 33.8 Å². The third kappa shape index (κ3) is 2.69. The second kappa shape index (κ2) is 3.66. The molecule has 0 aromatic rings. The number of hydrogen-bond donors (Lipinski definition) is 0. The Morgan fingerprint density at radius 2 is 2.08 bits per heavy atom. The lowest BCUT2D eigenvalue weighted by atomic mass is 9.94. The molecule has 1 heterocycles. The molecule has 1 amide bonds. The molecule has 0 bridgehead atoms. The van der Waals surface area contributed by atoms with Gasteiger partial charge in [-0.05, 0) is 6.92 Å². The molecule has 76 valence electrons. The van der Waals surface area contributed by atoms with Crippen LogP contribution in [0.2, 0.25) is 0 Å². The van der Waals surface area contributed by atoms with Gasteiger partial charge >= 0.3 is 0 Å². The number of carbonyl (C=O) groups is 1. The molecule has 3 heteroatoms. The van der Waals surface area contributed by atoms with Gasteiger partial charge in [0.2, 0.25) is 5.91 Å². The zero-order chi connectivity index (χ0) is 10.1. The van der Waals surface area contributed by atoms with Gasteiger partial charge in [0.05, 0.1) is 12.7 Å². The van der Waals surface area contributed by atoms with Crippen LogP contribution in [0.15, 0.2) is 0 Å². The van der Waals surface area contributed by atoms with Crippen LogP contribution >= 0.6 is 0 Å². The summed E-state index contributed by atoms with van der Waals surface area (Å²) in [6.07, 6.45) is 0.181. The summed E-state index contributed by atoms with van der Waals surface area (Å²) in [7, 11) is 0. The van der Waals surface area contributed by atoms with Crippen LogP contribution in [0.4, 0.5) is 0 Å². The minimum absolute atomic E-state index is 0.181. The average molecular weight is 185 g/mol. The van der Waals surface area contributed by atoms with Gasteiger partial charge in [0.25, 0.3) is 0 Å². The molecule has 1 atom stereocenters. The molecule has 3 nitrogen and oxygen atoms in total. The van der Waals surface area contributed by atoms with E-state index in [1.807, 2.05) is 32.6 Å². The van der Waals surface area contributed by atoms with Crippen LogP contribution in [0.5, 0.6) is 0 Å². The first-order valence-corrected chi connectivity index (χ1v) is 4.82. The van der Waals surface area contributed by atoms with Gasteiger partial charge in [-0.3, -0.25) is 4.79 Å². The number of ether oxygens (including phenoxy) is 1. The third-order valence-corrected chi connectivity index (χ3v) is 2.17. The topological polar surface area (TPSA) is 29.5 Å². The molecule has 1 saturated heterocycles. The molecule has 0 spiro atoms. The van der Waals surface area contributed by atoms with Crippen LogP contribution in [0.3, 0.4) is 0 Å². The lowest BCUT2D eigenvalue weighted by Crippen LogP contribution is -2.48. The average Bonchev–Trinajstić information content (AvgIpc) is 2.01. The highest BCUT2D eigenvalue weighted by molar-refractivity contribution is 5.81. The standard InChI is InChI=1S/C10H19NO2/c1-8-7-11(5-6-13-8)9(12)10(2,3)4/h8H,5-7H2,1-4H3/t8-/m1/s1. The molecular formula is C10H19NO2. The Bertz CT molecular complexity index is 196. The van der Waals surface area contributed by atoms with Crippen molar-refractivity contribution in [1.82, 2.24) is 4.90 Å². The highest BCUT2D eigenvalue weighted by Crippen LogP contribution is 2.19. The highest BCUT2D eigenvalue weighted by atomic mass is 16.5. The van der Waals surface area contributed by atoms with Gasteiger partial charge in [0.1, 0.15) is 0 Å². The van der Waals surface area contributed by atoms with Crippen molar-refractivity contribution in [3.8, 4) is 0 Å². The van der Waals surface area contributed by atoms with E-state index in [1.165, 1.54) is 0 Å². The second-order valence-electron chi connectivity index (χ2n) is 4.68. The predicted molar refractivity (Wildman–Crippen MR) is 51.4 cm³/mol. The van der Waals surface area contributed by atoms with Crippen LogP contribution in [0, 0.1) is 5.41 Å². The van der Waals surface area contributed by atoms with E-state index in [1.54, 1.807) is 0 Å². The number of rotatable bonds is 0. The Morgan fingerprint density at radius 3 is 2.54 bits per heavy atom. The van der Waals surface area contributed by atoms with Crippen LogP contribution < -0.4 is 0 Å². The van der Waals surface area contributed by atoms with Crippen LogP contribution in [0.25, 0.3) is 0 Å². The predicted octanol–water partition coefficient (Wildman–Crippen LogP) is 1.28. The minimum Gasteiger partial charge on any atom is -0.375 e. The van der Waals surface area contributed by atoms with Crippen molar-refractivity contribution in [1.29, 1.82) is 0 Å². The molecule has 13 heavy (non-hydrogen) atoms. The summed E-state index contributed by atoms with van der Waals surface area (Å²) < 4.78 is 5.38. The van der Waals surface area contributed by atoms with E-state index in [0.29, 0.717) is 6.61 Å². The number of amides is 1. The fourth-order valence-electron chi connectivity index (χ4n) is 1.48. The number of morpholine rings is 1. The molecule has 1 fully saturated rings. The quantitative estimate of drug-likeness (QED) is 0.569. The first-order chi connectivity index (χ1) is 5.91. The monoisotopic (exact) mass is 185 g/mol. The molecule has 1 rings (SSSR count). The Morgan fingerprint density at radius 1 is 1.46 bits per heavy atom. The van der Waals surface area contributed by atoms with Crippen LogP contribution in [-0.2, 0) is 9.53 Å². The normalized spacial score (nSPS) is 24.6. The summed E-state index contributed by atoms with van der Waals surface area (Å²) in [5, 5.41) is 0. The van der Waals surface area contributed by atoms with Gasteiger partial charge in [-0.2, -0.15) is 0 Å². The minimum atomic E-state index is -0.267. The lowest BCUT2D eigenvalue weighted by molar-refractivity contribution is -0.146. The van der Waals surface area contributed by atoms with Crippen molar-refractivity contribution in [3.05, 3.63) is 0 Å².